The van der Waals surface area contributed by atoms with Crippen molar-refractivity contribution in [3.63, 3.8) is 0 Å². The number of aromatic nitrogens is 2. The van der Waals surface area contributed by atoms with Crippen molar-refractivity contribution in [3.05, 3.63) is 41.8 Å². The van der Waals surface area contributed by atoms with Crippen LogP contribution in [0.1, 0.15) is 37.5 Å². The maximum atomic E-state index is 13.1. The predicted molar refractivity (Wildman–Crippen MR) is 79.4 cm³/mol. The van der Waals surface area contributed by atoms with E-state index in [1.165, 1.54) is 36.7 Å². The summed E-state index contributed by atoms with van der Waals surface area (Å²) >= 11 is 1.50. The number of nitrogens with zero attached hydrogens (tertiary/aromatic N) is 2. The summed E-state index contributed by atoms with van der Waals surface area (Å²) in [5, 5.41) is 7.45. The zero-order chi connectivity index (χ0) is 14.7. The summed E-state index contributed by atoms with van der Waals surface area (Å²) in [5.74, 6) is 2.17. The van der Waals surface area contributed by atoms with Gasteiger partial charge in [-0.15, -0.1) is 11.8 Å². The van der Waals surface area contributed by atoms with Gasteiger partial charge in [-0.3, -0.25) is 0 Å². The fourth-order valence-electron chi connectivity index (χ4n) is 2.54. The molecule has 1 fully saturated rings. The van der Waals surface area contributed by atoms with E-state index in [4.69, 9.17) is 4.52 Å². The molecule has 2 heterocycles. The van der Waals surface area contributed by atoms with Gasteiger partial charge in [0.15, 0.2) is 5.82 Å². The van der Waals surface area contributed by atoms with Crippen molar-refractivity contribution in [2.24, 2.45) is 5.92 Å². The van der Waals surface area contributed by atoms with Crippen molar-refractivity contribution >= 4 is 11.8 Å². The molecule has 1 saturated heterocycles. The first kappa shape index (κ1) is 14.5. The van der Waals surface area contributed by atoms with Gasteiger partial charge in [-0.05, 0) is 43.5 Å². The number of thioether (sulfide) groups is 1. The predicted octanol–water partition coefficient (Wildman–Crippen LogP) is 3.56. The van der Waals surface area contributed by atoms with E-state index in [9.17, 15) is 4.39 Å². The highest BCUT2D eigenvalue weighted by Crippen LogP contribution is 2.28. The Morgan fingerprint density at radius 3 is 3.19 bits per heavy atom. The third kappa shape index (κ3) is 3.63. The quantitative estimate of drug-likeness (QED) is 0.875. The van der Waals surface area contributed by atoms with Crippen molar-refractivity contribution in [3.8, 4) is 0 Å². The number of benzene rings is 1. The number of halogens is 1. The van der Waals surface area contributed by atoms with Crippen LogP contribution in [0.5, 0.6) is 0 Å². The van der Waals surface area contributed by atoms with Crippen molar-refractivity contribution in [1.29, 1.82) is 0 Å². The minimum atomic E-state index is -0.228. The Morgan fingerprint density at radius 1 is 1.48 bits per heavy atom. The van der Waals surface area contributed by atoms with E-state index < -0.39 is 0 Å². The van der Waals surface area contributed by atoms with Gasteiger partial charge in [0, 0.05) is 4.90 Å². The molecule has 0 spiro atoms. The minimum Gasteiger partial charge on any atom is -0.338 e. The highest BCUT2D eigenvalue weighted by atomic mass is 32.2. The fourth-order valence-corrected chi connectivity index (χ4v) is 3.32. The number of hydrogen-bond donors (Lipinski definition) is 1. The number of piperidine rings is 1. The van der Waals surface area contributed by atoms with Gasteiger partial charge in [-0.1, -0.05) is 18.1 Å². The molecule has 0 radical (unpaired) electrons. The summed E-state index contributed by atoms with van der Waals surface area (Å²) in [5.41, 5.74) is 0. The Labute approximate surface area is 127 Å². The Kier molecular flexibility index (Phi) is 4.55. The molecule has 1 aliphatic rings. The van der Waals surface area contributed by atoms with Crippen LogP contribution < -0.4 is 5.32 Å². The van der Waals surface area contributed by atoms with Crippen LogP contribution >= 0.6 is 11.8 Å². The van der Waals surface area contributed by atoms with Crippen LogP contribution in [0.15, 0.2) is 33.7 Å². The number of rotatable bonds is 4. The first-order valence-electron chi connectivity index (χ1n) is 7.16. The largest absolute Gasteiger partial charge is 0.338 e. The van der Waals surface area contributed by atoms with Gasteiger partial charge in [0.25, 0.3) is 0 Å². The van der Waals surface area contributed by atoms with Crippen LogP contribution in [0.2, 0.25) is 0 Å². The average Bonchev–Trinajstić information content (AvgIpc) is 2.94. The summed E-state index contributed by atoms with van der Waals surface area (Å²) in [7, 11) is 0. The standard InChI is InChI=1S/C15H18FN3OS/c1-10-4-3-7-17-14(10)15-18-13(19-20-15)9-21-12-6-2-5-11(16)8-12/h2,5-6,8,10,14,17H,3-4,7,9H2,1H3. The van der Waals surface area contributed by atoms with Crippen molar-refractivity contribution < 1.29 is 8.91 Å². The molecule has 112 valence electrons. The van der Waals surface area contributed by atoms with Gasteiger partial charge < -0.3 is 9.84 Å². The molecule has 0 aliphatic carbocycles. The molecule has 1 aliphatic heterocycles. The molecule has 0 amide bonds. The molecule has 6 heteroatoms. The Balaban J connectivity index is 1.62. The molecule has 1 N–H and O–H groups in total. The third-order valence-electron chi connectivity index (χ3n) is 3.68. The second kappa shape index (κ2) is 6.58. The zero-order valence-electron chi connectivity index (χ0n) is 11.9. The van der Waals surface area contributed by atoms with E-state index in [1.54, 1.807) is 6.07 Å². The summed E-state index contributed by atoms with van der Waals surface area (Å²) in [6, 6.07) is 6.68. The van der Waals surface area contributed by atoms with Gasteiger partial charge in [0.1, 0.15) is 5.82 Å². The SMILES string of the molecule is CC1CCCNC1c1nc(CSc2cccc(F)c2)no1. The lowest BCUT2D eigenvalue weighted by Gasteiger charge is -2.26. The smallest absolute Gasteiger partial charge is 0.244 e. The van der Waals surface area contributed by atoms with E-state index in [0.29, 0.717) is 23.4 Å². The van der Waals surface area contributed by atoms with Gasteiger partial charge in [-0.25, -0.2) is 4.39 Å². The maximum Gasteiger partial charge on any atom is 0.244 e. The first-order valence-corrected chi connectivity index (χ1v) is 8.15. The highest BCUT2D eigenvalue weighted by Gasteiger charge is 2.27. The van der Waals surface area contributed by atoms with Crippen LogP contribution in [0.4, 0.5) is 4.39 Å². The van der Waals surface area contributed by atoms with Crippen LogP contribution in [0.25, 0.3) is 0 Å². The summed E-state index contributed by atoms with van der Waals surface area (Å²) in [6.07, 6.45) is 2.36. The average molecular weight is 307 g/mol. The topological polar surface area (TPSA) is 51.0 Å². The lowest BCUT2D eigenvalue weighted by molar-refractivity contribution is 0.239. The monoisotopic (exact) mass is 307 g/mol. The van der Waals surface area contributed by atoms with Crippen molar-refractivity contribution in [2.75, 3.05) is 6.54 Å². The summed E-state index contributed by atoms with van der Waals surface area (Å²) in [6.45, 7) is 3.19. The highest BCUT2D eigenvalue weighted by molar-refractivity contribution is 7.98. The summed E-state index contributed by atoms with van der Waals surface area (Å²) < 4.78 is 18.5. The molecule has 0 saturated carbocycles. The molecule has 2 atom stereocenters. The second-order valence-corrected chi connectivity index (χ2v) is 6.39. The molecule has 2 unspecified atom stereocenters. The van der Waals surface area contributed by atoms with E-state index in [-0.39, 0.29) is 11.9 Å². The van der Waals surface area contributed by atoms with Crippen molar-refractivity contribution in [1.82, 2.24) is 15.5 Å². The minimum absolute atomic E-state index is 0.152. The second-order valence-electron chi connectivity index (χ2n) is 5.35. The molecule has 3 rings (SSSR count). The normalized spacial score (nSPS) is 22.4. The third-order valence-corrected chi connectivity index (χ3v) is 4.67. The Morgan fingerprint density at radius 2 is 2.38 bits per heavy atom. The Hall–Kier alpha value is -1.40. The summed E-state index contributed by atoms with van der Waals surface area (Å²) in [4.78, 5) is 5.33. The maximum absolute atomic E-state index is 13.1. The zero-order valence-corrected chi connectivity index (χ0v) is 12.7. The van der Waals surface area contributed by atoms with Gasteiger partial charge >= 0.3 is 0 Å². The van der Waals surface area contributed by atoms with Gasteiger partial charge in [0.05, 0.1) is 11.8 Å². The molecular formula is C15H18FN3OS. The molecule has 1 aromatic carbocycles. The van der Waals surface area contributed by atoms with E-state index in [2.05, 4.69) is 22.4 Å². The molecule has 1 aromatic heterocycles. The fraction of sp³-hybridized carbons (Fsp3) is 0.467. The van der Waals surface area contributed by atoms with E-state index in [1.807, 2.05) is 6.07 Å². The molecular weight excluding hydrogens is 289 g/mol. The van der Waals surface area contributed by atoms with Crippen LogP contribution in [-0.2, 0) is 5.75 Å². The van der Waals surface area contributed by atoms with Crippen LogP contribution in [-0.4, -0.2) is 16.7 Å². The molecule has 21 heavy (non-hydrogen) atoms. The molecule has 2 aromatic rings. The molecule has 0 bridgehead atoms. The van der Waals surface area contributed by atoms with Gasteiger partial charge in [0.2, 0.25) is 5.89 Å². The van der Waals surface area contributed by atoms with Crippen LogP contribution in [0, 0.1) is 11.7 Å². The number of hydrogen-bond acceptors (Lipinski definition) is 5. The van der Waals surface area contributed by atoms with E-state index in [0.717, 1.165) is 11.4 Å². The van der Waals surface area contributed by atoms with E-state index >= 15 is 0 Å². The van der Waals surface area contributed by atoms with Gasteiger partial charge in [-0.2, -0.15) is 4.98 Å². The first-order chi connectivity index (χ1) is 10.2. The van der Waals surface area contributed by atoms with Crippen LogP contribution in [0.3, 0.4) is 0 Å². The lowest BCUT2D eigenvalue weighted by atomic mass is 9.93. The number of nitrogens with one attached hydrogen (secondary N) is 1. The Bertz CT molecular complexity index is 604. The lowest BCUT2D eigenvalue weighted by Crippen LogP contribution is -2.33. The molecule has 4 nitrogen and oxygen atoms in total. The van der Waals surface area contributed by atoms with Crippen molar-refractivity contribution in [2.45, 2.75) is 36.5 Å².